The zero-order valence-electron chi connectivity index (χ0n) is 14.1. The number of pyridine rings is 1. The second-order valence-corrected chi connectivity index (χ2v) is 5.99. The van der Waals surface area contributed by atoms with Gasteiger partial charge < -0.3 is 9.88 Å². The van der Waals surface area contributed by atoms with Gasteiger partial charge in [0.2, 0.25) is 5.91 Å². The summed E-state index contributed by atoms with van der Waals surface area (Å²) in [5, 5.41) is 3.05. The minimum Gasteiger partial charge on any atom is -0.344 e. The van der Waals surface area contributed by atoms with Crippen molar-refractivity contribution in [3.63, 3.8) is 0 Å². The van der Waals surface area contributed by atoms with E-state index in [9.17, 15) is 9.59 Å². The van der Waals surface area contributed by atoms with Crippen LogP contribution in [0.15, 0.2) is 83.8 Å². The first-order chi connectivity index (χ1) is 12.1. The molecule has 25 heavy (non-hydrogen) atoms. The highest BCUT2D eigenvalue weighted by atomic mass is 16.2. The Labute approximate surface area is 146 Å². The molecule has 1 N–H and O–H groups in total. The normalized spacial score (nSPS) is 11.7. The fourth-order valence-corrected chi connectivity index (χ4v) is 2.72. The third-order valence-electron chi connectivity index (χ3n) is 4.06. The van der Waals surface area contributed by atoms with E-state index in [1.165, 1.54) is 10.6 Å². The molecule has 3 aromatic rings. The molecule has 0 bridgehead atoms. The van der Waals surface area contributed by atoms with Crippen molar-refractivity contribution in [1.82, 2.24) is 9.88 Å². The van der Waals surface area contributed by atoms with Gasteiger partial charge in [0.25, 0.3) is 5.56 Å². The molecule has 0 spiro atoms. The summed E-state index contributed by atoms with van der Waals surface area (Å²) in [6, 6.07) is 22.5. The van der Waals surface area contributed by atoms with Gasteiger partial charge in [-0.2, -0.15) is 0 Å². The Bertz CT molecular complexity index is 899. The highest BCUT2D eigenvalue weighted by Gasteiger charge is 2.17. The molecule has 0 unspecified atom stereocenters. The Morgan fingerprint density at radius 1 is 0.920 bits per heavy atom. The van der Waals surface area contributed by atoms with Crippen molar-refractivity contribution in [1.29, 1.82) is 0 Å². The number of rotatable bonds is 5. The third kappa shape index (κ3) is 4.23. The second-order valence-electron chi connectivity index (χ2n) is 5.99. The average Bonchev–Trinajstić information content (AvgIpc) is 2.63. The lowest BCUT2D eigenvalue weighted by molar-refractivity contribution is -0.122. The molecular formula is C21H20N2O2. The van der Waals surface area contributed by atoms with Crippen LogP contribution in [0.4, 0.5) is 0 Å². The van der Waals surface area contributed by atoms with Crippen LogP contribution >= 0.6 is 0 Å². The van der Waals surface area contributed by atoms with Crippen molar-refractivity contribution >= 4 is 5.91 Å². The summed E-state index contributed by atoms with van der Waals surface area (Å²) in [6.45, 7) is 2.02. The Morgan fingerprint density at radius 3 is 2.24 bits per heavy atom. The van der Waals surface area contributed by atoms with E-state index in [1.54, 1.807) is 18.3 Å². The fraction of sp³-hybridized carbons (Fsp3) is 0.143. The molecule has 4 heteroatoms. The fourth-order valence-electron chi connectivity index (χ4n) is 2.72. The molecule has 0 saturated carbocycles. The predicted octanol–water partition coefficient (Wildman–Crippen LogP) is 3.06. The van der Waals surface area contributed by atoms with E-state index in [1.807, 2.05) is 61.5 Å². The molecule has 2 aromatic carbocycles. The van der Waals surface area contributed by atoms with Crippen molar-refractivity contribution in [3.05, 3.63) is 106 Å². The lowest BCUT2D eigenvalue weighted by Crippen LogP contribution is -2.34. The van der Waals surface area contributed by atoms with E-state index in [0.717, 1.165) is 16.7 Å². The first-order valence-electron chi connectivity index (χ1n) is 8.20. The number of carbonyl (C=O) groups excluding carboxylic acids is 1. The van der Waals surface area contributed by atoms with Gasteiger partial charge >= 0.3 is 0 Å². The molecule has 0 radical (unpaired) electrons. The van der Waals surface area contributed by atoms with Gasteiger partial charge in [-0.25, -0.2) is 0 Å². The molecule has 0 fully saturated rings. The number of hydrogen-bond donors (Lipinski definition) is 1. The number of benzene rings is 2. The van der Waals surface area contributed by atoms with Crippen molar-refractivity contribution in [2.45, 2.75) is 19.5 Å². The molecule has 0 aliphatic heterocycles. The van der Waals surface area contributed by atoms with Crippen LogP contribution in [-0.2, 0) is 11.3 Å². The van der Waals surface area contributed by atoms with Gasteiger partial charge in [0.1, 0.15) is 6.54 Å². The lowest BCUT2D eigenvalue weighted by Gasteiger charge is -2.20. The SMILES string of the molecule is Cc1ccc([C@@H](NC(=O)Cn2ccccc2=O)c2ccccc2)cc1. The Kier molecular flexibility index (Phi) is 5.09. The molecule has 0 aliphatic rings. The third-order valence-corrected chi connectivity index (χ3v) is 4.06. The number of nitrogens with zero attached hydrogens (tertiary/aromatic N) is 1. The molecule has 1 heterocycles. The number of carbonyl (C=O) groups is 1. The van der Waals surface area contributed by atoms with Gasteiger partial charge in [-0.3, -0.25) is 9.59 Å². The molecule has 3 rings (SSSR count). The molecule has 4 nitrogen and oxygen atoms in total. The summed E-state index contributed by atoms with van der Waals surface area (Å²) < 4.78 is 1.40. The minimum atomic E-state index is -0.256. The van der Waals surface area contributed by atoms with Crippen LogP contribution in [0, 0.1) is 6.92 Å². The number of amides is 1. The highest BCUT2D eigenvalue weighted by Crippen LogP contribution is 2.22. The average molecular weight is 332 g/mol. The maximum absolute atomic E-state index is 12.5. The molecule has 1 atom stereocenters. The second kappa shape index (κ2) is 7.62. The van der Waals surface area contributed by atoms with E-state index in [-0.39, 0.29) is 24.1 Å². The maximum Gasteiger partial charge on any atom is 0.250 e. The molecule has 126 valence electrons. The van der Waals surface area contributed by atoms with Gasteiger partial charge in [-0.05, 0) is 24.1 Å². The number of aromatic nitrogens is 1. The Hall–Kier alpha value is -3.14. The zero-order valence-corrected chi connectivity index (χ0v) is 14.1. The number of aryl methyl sites for hydroxylation is 1. The van der Waals surface area contributed by atoms with E-state index in [0.29, 0.717) is 0 Å². The maximum atomic E-state index is 12.5. The van der Waals surface area contributed by atoms with Crippen LogP contribution in [-0.4, -0.2) is 10.5 Å². The van der Waals surface area contributed by atoms with Crippen LogP contribution in [0.25, 0.3) is 0 Å². The first kappa shape index (κ1) is 16.7. The van der Waals surface area contributed by atoms with Gasteiger partial charge in [0.05, 0.1) is 6.04 Å². The first-order valence-corrected chi connectivity index (χ1v) is 8.20. The smallest absolute Gasteiger partial charge is 0.250 e. The lowest BCUT2D eigenvalue weighted by atomic mass is 9.98. The Balaban J connectivity index is 1.85. The molecular weight excluding hydrogens is 312 g/mol. The van der Waals surface area contributed by atoms with Crippen LogP contribution in [0.3, 0.4) is 0 Å². The molecule has 0 aliphatic carbocycles. The summed E-state index contributed by atoms with van der Waals surface area (Å²) in [5.41, 5.74) is 2.98. The monoisotopic (exact) mass is 332 g/mol. The molecule has 1 amide bonds. The van der Waals surface area contributed by atoms with Crippen molar-refractivity contribution in [3.8, 4) is 0 Å². The van der Waals surface area contributed by atoms with Crippen molar-refractivity contribution in [2.24, 2.45) is 0 Å². The summed E-state index contributed by atoms with van der Waals surface area (Å²) >= 11 is 0. The molecule has 0 saturated heterocycles. The van der Waals surface area contributed by atoms with Crippen LogP contribution in [0.1, 0.15) is 22.7 Å². The summed E-state index contributed by atoms with van der Waals surface area (Å²) in [4.78, 5) is 24.3. The summed E-state index contributed by atoms with van der Waals surface area (Å²) in [5.74, 6) is -0.206. The summed E-state index contributed by atoms with van der Waals surface area (Å²) in [7, 11) is 0. The quantitative estimate of drug-likeness (QED) is 0.781. The zero-order chi connectivity index (χ0) is 17.6. The standard InChI is InChI=1S/C21H20N2O2/c1-16-10-12-18(13-11-16)21(17-7-3-2-4-8-17)22-19(24)15-23-14-6-5-9-20(23)25/h2-14,21H,15H2,1H3,(H,22,24)/t21-/m0/s1. The predicted molar refractivity (Wildman–Crippen MR) is 98.3 cm³/mol. The van der Waals surface area contributed by atoms with Gasteiger partial charge in [-0.1, -0.05) is 66.2 Å². The van der Waals surface area contributed by atoms with Gasteiger partial charge in [0.15, 0.2) is 0 Å². The summed E-state index contributed by atoms with van der Waals surface area (Å²) in [6.07, 6.45) is 1.62. The van der Waals surface area contributed by atoms with Crippen molar-refractivity contribution < 1.29 is 4.79 Å². The van der Waals surface area contributed by atoms with Gasteiger partial charge in [0, 0.05) is 12.3 Å². The van der Waals surface area contributed by atoms with Crippen LogP contribution < -0.4 is 10.9 Å². The minimum absolute atomic E-state index is 0.00509. The van der Waals surface area contributed by atoms with Gasteiger partial charge in [-0.15, -0.1) is 0 Å². The van der Waals surface area contributed by atoms with Crippen molar-refractivity contribution in [2.75, 3.05) is 0 Å². The topological polar surface area (TPSA) is 51.1 Å². The van der Waals surface area contributed by atoms with E-state index in [2.05, 4.69) is 5.32 Å². The Morgan fingerprint density at radius 2 is 1.56 bits per heavy atom. The highest BCUT2D eigenvalue weighted by molar-refractivity contribution is 5.76. The number of nitrogens with one attached hydrogen (secondary N) is 1. The molecule has 1 aromatic heterocycles. The van der Waals surface area contributed by atoms with E-state index >= 15 is 0 Å². The number of hydrogen-bond acceptors (Lipinski definition) is 2. The van der Waals surface area contributed by atoms with E-state index < -0.39 is 0 Å². The van der Waals surface area contributed by atoms with Crippen LogP contribution in [0.5, 0.6) is 0 Å². The largest absolute Gasteiger partial charge is 0.344 e. The van der Waals surface area contributed by atoms with Crippen LogP contribution in [0.2, 0.25) is 0 Å². The van der Waals surface area contributed by atoms with E-state index in [4.69, 9.17) is 0 Å².